The standard InChI is InChI=1S/C20H27N3O5S/c1-15(17-6-5-7-18(12-17)28-14-16-8-9-16)22-29(26,27)11-4-2-3-10-23-13-19(24)21-20(23)25/h2-3,5-7,12,15-16,22H,4,8-11,13-14H2,1H3,(H,21,24,25)/b3-2+/t15-/m1/s1. The van der Waals surface area contributed by atoms with Crippen LogP contribution in [0.15, 0.2) is 36.4 Å². The van der Waals surface area contributed by atoms with E-state index in [-0.39, 0.29) is 30.8 Å². The smallest absolute Gasteiger partial charge is 0.324 e. The molecule has 3 amide bonds. The summed E-state index contributed by atoms with van der Waals surface area (Å²) in [6.07, 6.45) is 6.14. The number of urea groups is 1. The van der Waals surface area contributed by atoms with E-state index >= 15 is 0 Å². The monoisotopic (exact) mass is 421 g/mol. The van der Waals surface area contributed by atoms with Crippen LogP contribution < -0.4 is 14.8 Å². The highest BCUT2D eigenvalue weighted by Gasteiger charge is 2.25. The Morgan fingerprint density at radius 2 is 2.10 bits per heavy atom. The van der Waals surface area contributed by atoms with E-state index in [9.17, 15) is 18.0 Å². The van der Waals surface area contributed by atoms with Crippen LogP contribution in [-0.4, -0.2) is 50.7 Å². The lowest BCUT2D eigenvalue weighted by atomic mass is 10.1. The zero-order valence-corrected chi connectivity index (χ0v) is 17.3. The zero-order chi connectivity index (χ0) is 20.9. The summed E-state index contributed by atoms with van der Waals surface area (Å²) in [5.74, 6) is 1.03. The molecule has 0 radical (unpaired) electrons. The maximum Gasteiger partial charge on any atom is 0.324 e. The first-order valence-corrected chi connectivity index (χ1v) is 11.4. The summed E-state index contributed by atoms with van der Waals surface area (Å²) < 4.78 is 33.1. The van der Waals surface area contributed by atoms with Gasteiger partial charge in [0.25, 0.3) is 0 Å². The molecule has 0 spiro atoms. The third kappa shape index (κ3) is 6.86. The maximum atomic E-state index is 12.3. The number of ether oxygens (including phenoxy) is 1. The number of benzene rings is 1. The summed E-state index contributed by atoms with van der Waals surface area (Å²) in [6, 6.07) is 6.70. The van der Waals surface area contributed by atoms with Gasteiger partial charge in [-0.05, 0) is 49.8 Å². The molecule has 0 bridgehead atoms. The lowest BCUT2D eigenvalue weighted by Gasteiger charge is -2.15. The fourth-order valence-corrected chi connectivity index (χ4v) is 4.18. The van der Waals surface area contributed by atoms with Crippen LogP contribution in [0.2, 0.25) is 0 Å². The first-order valence-electron chi connectivity index (χ1n) is 9.79. The van der Waals surface area contributed by atoms with Gasteiger partial charge in [0.1, 0.15) is 12.3 Å². The van der Waals surface area contributed by atoms with E-state index in [0.29, 0.717) is 18.9 Å². The molecule has 29 heavy (non-hydrogen) atoms. The lowest BCUT2D eigenvalue weighted by Crippen LogP contribution is -2.29. The summed E-state index contributed by atoms with van der Waals surface area (Å²) in [5, 5.41) is 2.19. The summed E-state index contributed by atoms with van der Waals surface area (Å²) in [5.41, 5.74) is 0.849. The number of carbonyl (C=O) groups is 2. The molecule has 2 aliphatic rings. The molecule has 8 nitrogen and oxygen atoms in total. The molecule has 1 aromatic carbocycles. The molecule has 1 saturated carbocycles. The van der Waals surface area contributed by atoms with Crippen molar-refractivity contribution in [3.8, 4) is 5.75 Å². The highest BCUT2D eigenvalue weighted by molar-refractivity contribution is 7.89. The third-order valence-corrected chi connectivity index (χ3v) is 6.30. The molecule has 2 fully saturated rings. The van der Waals surface area contributed by atoms with Crippen molar-refractivity contribution in [2.24, 2.45) is 5.92 Å². The predicted molar refractivity (Wildman–Crippen MR) is 109 cm³/mol. The number of hydrogen-bond acceptors (Lipinski definition) is 5. The largest absolute Gasteiger partial charge is 0.493 e. The highest BCUT2D eigenvalue weighted by Crippen LogP contribution is 2.30. The second-order valence-electron chi connectivity index (χ2n) is 7.48. The minimum absolute atomic E-state index is 0.0317. The van der Waals surface area contributed by atoms with E-state index in [1.165, 1.54) is 17.7 Å². The van der Waals surface area contributed by atoms with E-state index in [4.69, 9.17) is 4.74 Å². The summed E-state index contributed by atoms with van der Waals surface area (Å²) in [7, 11) is -3.47. The van der Waals surface area contributed by atoms with Gasteiger partial charge in [0.15, 0.2) is 0 Å². The van der Waals surface area contributed by atoms with E-state index in [1.807, 2.05) is 24.3 Å². The molecular weight excluding hydrogens is 394 g/mol. The molecule has 1 aliphatic carbocycles. The van der Waals surface area contributed by atoms with Crippen molar-refractivity contribution in [2.45, 2.75) is 32.2 Å². The lowest BCUT2D eigenvalue weighted by molar-refractivity contribution is -0.118. The van der Waals surface area contributed by atoms with Crippen LogP contribution in [0.4, 0.5) is 4.79 Å². The normalized spacial score (nSPS) is 18.3. The van der Waals surface area contributed by atoms with E-state index in [1.54, 1.807) is 19.1 Å². The van der Waals surface area contributed by atoms with Gasteiger partial charge in [-0.2, -0.15) is 0 Å². The molecule has 1 atom stereocenters. The van der Waals surface area contributed by atoms with Gasteiger partial charge in [0.2, 0.25) is 15.9 Å². The molecule has 0 aromatic heterocycles. The molecule has 1 heterocycles. The van der Waals surface area contributed by atoms with Gasteiger partial charge in [-0.15, -0.1) is 0 Å². The Hall–Kier alpha value is -2.39. The Labute approximate surface area is 171 Å². The number of sulfonamides is 1. The van der Waals surface area contributed by atoms with Crippen LogP contribution in [0.5, 0.6) is 5.75 Å². The number of carbonyl (C=O) groups excluding carboxylic acids is 2. The average Bonchev–Trinajstić information content (AvgIpc) is 3.44. The molecule has 158 valence electrons. The Morgan fingerprint density at radius 1 is 1.31 bits per heavy atom. The van der Waals surface area contributed by atoms with E-state index in [0.717, 1.165) is 11.3 Å². The van der Waals surface area contributed by atoms with Crippen LogP contribution in [0.1, 0.15) is 37.8 Å². The Bertz CT molecular complexity index is 880. The molecule has 2 N–H and O–H groups in total. The zero-order valence-electron chi connectivity index (χ0n) is 16.5. The first-order chi connectivity index (χ1) is 13.8. The molecular formula is C20H27N3O5S. The van der Waals surface area contributed by atoms with E-state index < -0.39 is 16.1 Å². The molecule has 3 rings (SSSR count). The van der Waals surface area contributed by atoms with Gasteiger partial charge in [-0.1, -0.05) is 24.3 Å². The minimum Gasteiger partial charge on any atom is -0.493 e. The number of nitrogens with zero attached hydrogens (tertiary/aromatic N) is 1. The van der Waals surface area contributed by atoms with Crippen molar-refractivity contribution < 1.29 is 22.7 Å². The number of imide groups is 1. The van der Waals surface area contributed by atoms with Crippen LogP contribution in [-0.2, 0) is 14.8 Å². The van der Waals surface area contributed by atoms with Gasteiger partial charge in [0, 0.05) is 12.6 Å². The summed E-state index contributed by atoms with van der Waals surface area (Å²) in [4.78, 5) is 23.9. The second-order valence-corrected chi connectivity index (χ2v) is 9.35. The van der Waals surface area contributed by atoms with Gasteiger partial charge >= 0.3 is 6.03 Å². The van der Waals surface area contributed by atoms with Gasteiger partial charge in [-0.25, -0.2) is 17.9 Å². The number of nitrogens with one attached hydrogen (secondary N) is 2. The quantitative estimate of drug-likeness (QED) is 0.420. The van der Waals surface area contributed by atoms with Crippen molar-refractivity contribution in [3.05, 3.63) is 42.0 Å². The fraction of sp³-hybridized carbons (Fsp3) is 0.500. The Kier molecular flexibility index (Phi) is 6.92. The summed E-state index contributed by atoms with van der Waals surface area (Å²) >= 11 is 0. The third-order valence-electron chi connectivity index (χ3n) is 4.81. The van der Waals surface area contributed by atoms with Gasteiger partial charge in [-0.3, -0.25) is 10.1 Å². The number of hydrogen-bond donors (Lipinski definition) is 2. The Morgan fingerprint density at radius 3 is 2.79 bits per heavy atom. The first kappa shape index (κ1) is 21.3. The highest BCUT2D eigenvalue weighted by atomic mass is 32.2. The number of amides is 3. The SMILES string of the molecule is C[C@@H](NS(=O)(=O)CC/C=C/CN1CC(=O)NC1=O)c1cccc(OCC2CC2)c1. The predicted octanol–water partition coefficient (Wildman–Crippen LogP) is 1.95. The van der Waals surface area contributed by atoms with Crippen molar-refractivity contribution in [2.75, 3.05) is 25.4 Å². The van der Waals surface area contributed by atoms with Crippen LogP contribution in [0.25, 0.3) is 0 Å². The van der Waals surface area contributed by atoms with Gasteiger partial charge in [0.05, 0.1) is 12.4 Å². The summed E-state index contributed by atoms with van der Waals surface area (Å²) in [6.45, 7) is 2.82. The van der Waals surface area contributed by atoms with Crippen LogP contribution >= 0.6 is 0 Å². The van der Waals surface area contributed by atoms with Crippen molar-refractivity contribution in [1.82, 2.24) is 14.9 Å². The molecule has 1 aliphatic heterocycles. The number of allylic oxidation sites excluding steroid dienone is 1. The second kappa shape index (κ2) is 9.41. The number of rotatable bonds is 11. The minimum atomic E-state index is -3.47. The molecule has 9 heteroatoms. The average molecular weight is 422 g/mol. The van der Waals surface area contributed by atoms with Crippen LogP contribution in [0.3, 0.4) is 0 Å². The van der Waals surface area contributed by atoms with Crippen LogP contribution in [0, 0.1) is 5.92 Å². The Balaban J connectivity index is 1.43. The fourth-order valence-electron chi connectivity index (χ4n) is 2.94. The van der Waals surface area contributed by atoms with Gasteiger partial charge < -0.3 is 9.64 Å². The molecule has 0 unspecified atom stereocenters. The van der Waals surface area contributed by atoms with Crippen molar-refractivity contribution in [1.29, 1.82) is 0 Å². The molecule has 1 aromatic rings. The van der Waals surface area contributed by atoms with Crippen molar-refractivity contribution in [3.63, 3.8) is 0 Å². The molecule has 1 saturated heterocycles. The van der Waals surface area contributed by atoms with E-state index in [2.05, 4.69) is 10.0 Å². The van der Waals surface area contributed by atoms with Crippen molar-refractivity contribution >= 4 is 22.0 Å². The topological polar surface area (TPSA) is 105 Å². The maximum absolute atomic E-state index is 12.3.